The number of aromatic nitrogens is 3. The second-order valence-electron chi connectivity index (χ2n) is 6.79. The van der Waals surface area contributed by atoms with E-state index < -0.39 is 10.7 Å². The van der Waals surface area contributed by atoms with E-state index in [1.807, 2.05) is 0 Å². The van der Waals surface area contributed by atoms with Crippen LogP contribution in [0.5, 0.6) is 0 Å². The van der Waals surface area contributed by atoms with Crippen LogP contribution in [-0.2, 0) is 11.2 Å². The number of carbonyl (C=O) groups excluding carboxylic acids is 2. The molecule has 0 atom stereocenters. The molecule has 0 unspecified atom stereocenters. The number of nitrogens with zero attached hydrogens (tertiary/aromatic N) is 4. The maximum absolute atomic E-state index is 14.5. The molecule has 0 saturated carbocycles. The van der Waals surface area contributed by atoms with Crippen molar-refractivity contribution in [3.05, 3.63) is 75.9 Å². The number of ketones is 1. The van der Waals surface area contributed by atoms with Crippen molar-refractivity contribution in [3.8, 4) is 5.69 Å². The zero-order valence-corrected chi connectivity index (χ0v) is 18.0. The van der Waals surface area contributed by atoms with Gasteiger partial charge < -0.3 is 5.32 Å². The first kappa shape index (κ1) is 23.1. The number of halogens is 1. The SMILES string of the molecule is CC(=O)NCCCc1nnc(SCC(=O)c2cccc([N+](=O)[O-])c2)n1-c1ccccc1F. The molecule has 0 radical (unpaired) electrons. The summed E-state index contributed by atoms with van der Waals surface area (Å²) in [6.45, 7) is 1.86. The number of hydrogen-bond acceptors (Lipinski definition) is 7. The van der Waals surface area contributed by atoms with Crippen LogP contribution < -0.4 is 5.32 Å². The first-order valence-electron chi connectivity index (χ1n) is 9.71. The van der Waals surface area contributed by atoms with Gasteiger partial charge in [0.2, 0.25) is 5.91 Å². The van der Waals surface area contributed by atoms with Gasteiger partial charge in [-0.1, -0.05) is 36.0 Å². The average molecular weight is 457 g/mol. The summed E-state index contributed by atoms with van der Waals surface area (Å²) >= 11 is 1.07. The molecule has 3 rings (SSSR count). The van der Waals surface area contributed by atoms with Crippen LogP contribution in [0.15, 0.2) is 53.7 Å². The highest BCUT2D eigenvalue weighted by Crippen LogP contribution is 2.25. The van der Waals surface area contributed by atoms with E-state index in [-0.39, 0.29) is 34.4 Å². The summed E-state index contributed by atoms with van der Waals surface area (Å²) in [4.78, 5) is 34.0. The minimum absolute atomic E-state index is 0.0559. The van der Waals surface area contributed by atoms with Gasteiger partial charge in [0.25, 0.3) is 5.69 Å². The first-order valence-corrected chi connectivity index (χ1v) is 10.7. The maximum Gasteiger partial charge on any atom is 0.270 e. The van der Waals surface area contributed by atoms with Crippen LogP contribution >= 0.6 is 11.8 Å². The number of aryl methyl sites for hydroxylation is 1. The fraction of sp³-hybridized carbons (Fsp3) is 0.238. The Labute approximate surface area is 187 Å². The Hall–Kier alpha value is -3.60. The summed E-state index contributed by atoms with van der Waals surface area (Å²) in [7, 11) is 0. The highest BCUT2D eigenvalue weighted by atomic mass is 32.2. The molecule has 1 aromatic heterocycles. The summed E-state index contributed by atoms with van der Waals surface area (Å²) in [6.07, 6.45) is 1.00. The molecule has 0 spiro atoms. The van der Waals surface area contributed by atoms with Crippen LogP contribution in [0, 0.1) is 15.9 Å². The van der Waals surface area contributed by atoms with Crippen LogP contribution in [0.3, 0.4) is 0 Å². The van der Waals surface area contributed by atoms with E-state index in [4.69, 9.17) is 0 Å². The molecule has 2 aromatic carbocycles. The highest BCUT2D eigenvalue weighted by molar-refractivity contribution is 7.99. The molecule has 0 aliphatic rings. The summed E-state index contributed by atoms with van der Waals surface area (Å²) < 4.78 is 16.1. The summed E-state index contributed by atoms with van der Waals surface area (Å²) in [5.41, 5.74) is 0.286. The van der Waals surface area contributed by atoms with Gasteiger partial charge in [-0.3, -0.25) is 24.3 Å². The van der Waals surface area contributed by atoms with E-state index in [1.54, 1.807) is 22.8 Å². The fourth-order valence-electron chi connectivity index (χ4n) is 2.95. The first-order chi connectivity index (χ1) is 15.4. The number of para-hydroxylation sites is 1. The van der Waals surface area contributed by atoms with Gasteiger partial charge >= 0.3 is 0 Å². The second kappa shape index (κ2) is 10.6. The summed E-state index contributed by atoms with van der Waals surface area (Å²) in [5, 5.41) is 22.2. The molecule has 3 aromatic rings. The summed E-state index contributed by atoms with van der Waals surface area (Å²) in [5.74, 6) is -0.502. The number of non-ortho nitro benzene ring substituents is 1. The Bertz CT molecular complexity index is 1150. The van der Waals surface area contributed by atoms with Crippen LogP contribution in [0.2, 0.25) is 0 Å². The third-order valence-corrected chi connectivity index (χ3v) is 5.39. The Morgan fingerprint density at radius 3 is 2.69 bits per heavy atom. The molecule has 0 aliphatic carbocycles. The molecule has 9 nitrogen and oxygen atoms in total. The zero-order valence-electron chi connectivity index (χ0n) is 17.2. The minimum Gasteiger partial charge on any atom is -0.356 e. The topological polar surface area (TPSA) is 120 Å². The second-order valence-corrected chi connectivity index (χ2v) is 7.73. The molecule has 1 heterocycles. The monoisotopic (exact) mass is 457 g/mol. The normalized spacial score (nSPS) is 10.7. The number of carbonyl (C=O) groups is 2. The van der Waals surface area contributed by atoms with Gasteiger partial charge in [-0.25, -0.2) is 4.39 Å². The number of nitro benzene ring substituents is 1. The third kappa shape index (κ3) is 5.76. The largest absolute Gasteiger partial charge is 0.356 e. The average Bonchev–Trinajstić information content (AvgIpc) is 3.17. The van der Waals surface area contributed by atoms with Crippen molar-refractivity contribution in [3.63, 3.8) is 0 Å². The molecule has 0 fully saturated rings. The predicted octanol–water partition coefficient (Wildman–Crippen LogP) is 3.36. The van der Waals surface area contributed by atoms with Gasteiger partial charge in [0.1, 0.15) is 11.6 Å². The molecular formula is C21H20FN5O4S. The number of hydrogen-bond donors (Lipinski definition) is 1. The highest BCUT2D eigenvalue weighted by Gasteiger charge is 2.19. The number of Topliss-reactive ketones (excluding diaryl/α,β-unsaturated/α-hetero) is 1. The molecule has 0 aliphatic heterocycles. The minimum atomic E-state index is -0.564. The lowest BCUT2D eigenvalue weighted by Crippen LogP contribution is -2.21. The molecule has 0 bridgehead atoms. The number of thioether (sulfide) groups is 1. The molecule has 1 N–H and O–H groups in total. The number of amides is 1. The Morgan fingerprint density at radius 1 is 1.19 bits per heavy atom. The van der Waals surface area contributed by atoms with Gasteiger partial charge in [-0.05, 0) is 18.6 Å². The maximum atomic E-state index is 14.5. The molecule has 166 valence electrons. The quantitative estimate of drug-likeness (QED) is 0.163. The standard InChI is InChI=1S/C21H20FN5O4S/c1-14(28)23-11-5-10-20-24-25-21(26(20)18-9-3-2-8-17(18)22)32-13-19(29)15-6-4-7-16(12-15)27(30)31/h2-4,6-9,12H,5,10-11,13H2,1H3,(H,23,28). The smallest absolute Gasteiger partial charge is 0.270 e. The van der Waals surface area contributed by atoms with Crippen molar-refractivity contribution < 1.29 is 18.9 Å². The van der Waals surface area contributed by atoms with Gasteiger partial charge in [-0.15, -0.1) is 10.2 Å². The van der Waals surface area contributed by atoms with Gasteiger partial charge in [0.15, 0.2) is 10.9 Å². The van der Waals surface area contributed by atoms with Crippen molar-refractivity contribution >= 4 is 29.1 Å². The zero-order chi connectivity index (χ0) is 23.1. The van der Waals surface area contributed by atoms with Gasteiger partial charge in [-0.2, -0.15) is 0 Å². The molecular weight excluding hydrogens is 437 g/mol. The van der Waals surface area contributed by atoms with Crippen molar-refractivity contribution in [1.29, 1.82) is 0 Å². The van der Waals surface area contributed by atoms with Gasteiger partial charge in [0, 0.05) is 37.6 Å². The predicted molar refractivity (Wildman–Crippen MR) is 116 cm³/mol. The van der Waals surface area contributed by atoms with Crippen molar-refractivity contribution in [1.82, 2.24) is 20.1 Å². The van der Waals surface area contributed by atoms with E-state index in [2.05, 4.69) is 15.5 Å². The van der Waals surface area contributed by atoms with Gasteiger partial charge in [0.05, 0.1) is 16.4 Å². The van der Waals surface area contributed by atoms with Crippen LogP contribution in [-0.4, -0.2) is 43.7 Å². The van der Waals surface area contributed by atoms with E-state index in [1.165, 1.54) is 37.3 Å². The van der Waals surface area contributed by atoms with Crippen molar-refractivity contribution in [2.45, 2.75) is 24.9 Å². The molecule has 11 heteroatoms. The Balaban J connectivity index is 1.80. The molecule has 1 amide bonds. The van der Waals surface area contributed by atoms with Crippen molar-refractivity contribution in [2.75, 3.05) is 12.3 Å². The summed E-state index contributed by atoms with van der Waals surface area (Å²) in [6, 6.07) is 11.6. The number of nitro groups is 1. The van der Waals surface area contributed by atoms with Crippen LogP contribution in [0.4, 0.5) is 10.1 Å². The third-order valence-electron chi connectivity index (χ3n) is 4.46. The lowest BCUT2D eigenvalue weighted by atomic mass is 10.1. The lowest BCUT2D eigenvalue weighted by molar-refractivity contribution is -0.384. The number of benzene rings is 2. The van der Waals surface area contributed by atoms with Crippen molar-refractivity contribution in [2.24, 2.45) is 0 Å². The molecule has 32 heavy (non-hydrogen) atoms. The van der Waals surface area contributed by atoms with E-state index >= 15 is 0 Å². The Kier molecular flexibility index (Phi) is 7.66. The Morgan fingerprint density at radius 2 is 1.97 bits per heavy atom. The number of nitrogens with one attached hydrogen (secondary N) is 1. The van der Waals surface area contributed by atoms with E-state index in [0.29, 0.717) is 30.4 Å². The lowest BCUT2D eigenvalue weighted by Gasteiger charge is -2.11. The van der Waals surface area contributed by atoms with E-state index in [9.17, 15) is 24.1 Å². The molecule has 0 saturated heterocycles. The van der Waals surface area contributed by atoms with Crippen LogP contribution in [0.25, 0.3) is 5.69 Å². The van der Waals surface area contributed by atoms with E-state index in [0.717, 1.165) is 11.8 Å². The van der Waals surface area contributed by atoms with Crippen LogP contribution in [0.1, 0.15) is 29.5 Å². The number of rotatable bonds is 10. The fourth-order valence-corrected chi connectivity index (χ4v) is 3.81.